The maximum Gasteiger partial charge on any atom is 0.254 e. The Morgan fingerprint density at radius 2 is 1.91 bits per heavy atom. The fraction of sp³-hybridized carbons (Fsp3) is 0.278. The van der Waals surface area contributed by atoms with Crippen LogP contribution in [0.25, 0.3) is 0 Å². The van der Waals surface area contributed by atoms with Crippen LogP contribution in [-0.4, -0.2) is 23.6 Å². The number of hydrogen-bond acceptors (Lipinski definition) is 3. The van der Waals surface area contributed by atoms with E-state index in [9.17, 15) is 9.18 Å². The lowest BCUT2D eigenvalue weighted by Crippen LogP contribution is -2.42. The highest BCUT2D eigenvalue weighted by atomic mass is 19.1. The summed E-state index contributed by atoms with van der Waals surface area (Å²) in [5.74, 6) is 0.932. The smallest absolute Gasteiger partial charge is 0.254 e. The number of hydrogen-bond donors (Lipinski definition) is 0. The van der Waals surface area contributed by atoms with Gasteiger partial charge in [-0.15, -0.1) is 0 Å². The predicted octanol–water partition coefficient (Wildman–Crippen LogP) is 3.14. The largest absolute Gasteiger partial charge is 0.454 e. The molecule has 4 rings (SSSR count). The van der Waals surface area contributed by atoms with Crippen molar-refractivity contribution in [1.82, 2.24) is 4.90 Å². The maximum absolute atomic E-state index is 13.4. The third-order valence-corrected chi connectivity index (χ3v) is 4.42. The molecule has 4 nitrogen and oxygen atoms in total. The van der Waals surface area contributed by atoms with Crippen molar-refractivity contribution >= 4 is 5.91 Å². The zero-order chi connectivity index (χ0) is 16.0. The van der Waals surface area contributed by atoms with Gasteiger partial charge in [0.05, 0.1) is 0 Å². The number of nitrogens with zero attached hydrogens (tertiary/aromatic N) is 1. The molecule has 1 unspecified atom stereocenters. The molecular weight excluding hydrogens is 297 g/mol. The number of halogens is 1. The van der Waals surface area contributed by atoms with E-state index in [4.69, 9.17) is 9.47 Å². The average molecular weight is 313 g/mol. The SMILES string of the molecule is CC1Cc2cc3c(cc2CN1C(=O)c1cccc(F)c1)OCO3. The highest BCUT2D eigenvalue weighted by molar-refractivity contribution is 5.94. The summed E-state index contributed by atoms with van der Waals surface area (Å²) in [4.78, 5) is 14.5. The summed E-state index contributed by atoms with van der Waals surface area (Å²) in [6, 6.07) is 9.80. The summed E-state index contributed by atoms with van der Waals surface area (Å²) in [5.41, 5.74) is 2.60. The predicted molar refractivity (Wildman–Crippen MR) is 82.0 cm³/mol. The van der Waals surface area contributed by atoms with Gasteiger partial charge in [-0.05, 0) is 54.8 Å². The Kier molecular flexibility index (Phi) is 3.22. The topological polar surface area (TPSA) is 38.8 Å². The highest BCUT2D eigenvalue weighted by Crippen LogP contribution is 2.38. The lowest BCUT2D eigenvalue weighted by atomic mass is 9.93. The minimum Gasteiger partial charge on any atom is -0.454 e. The summed E-state index contributed by atoms with van der Waals surface area (Å²) in [5, 5.41) is 0. The molecule has 2 aromatic carbocycles. The number of rotatable bonds is 1. The van der Waals surface area contributed by atoms with Crippen LogP contribution < -0.4 is 9.47 Å². The van der Waals surface area contributed by atoms with Crippen molar-refractivity contribution in [3.05, 3.63) is 58.9 Å². The van der Waals surface area contributed by atoms with Crippen LogP contribution in [0.15, 0.2) is 36.4 Å². The molecule has 0 spiro atoms. The second-order valence-corrected chi connectivity index (χ2v) is 5.97. The Morgan fingerprint density at radius 1 is 1.17 bits per heavy atom. The van der Waals surface area contributed by atoms with Gasteiger partial charge in [0.2, 0.25) is 6.79 Å². The van der Waals surface area contributed by atoms with Gasteiger partial charge in [-0.3, -0.25) is 4.79 Å². The first-order valence-electron chi connectivity index (χ1n) is 7.60. The second kappa shape index (κ2) is 5.26. The van der Waals surface area contributed by atoms with Crippen LogP contribution >= 0.6 is 0 Å². The molecule has 5 heteroatoms. The van der Waals surface area contributed by atoms with Gasteiger partial charge < -0.3 is 14.4 Å². The first kappa shape index (κ1) is 14.1. The van der Waals surface area contributed by atoms with E-state index in [0.29, 0.717) is 12.1 Å². The van der Waals surface area contributed by atoms with Crippen molar-refractivity contribution in [2.24, 2.45) is 0 Å². The van der Waals surface area contributed by atoms with Gasteiger partial charge in [0.15, 0.2) is 11.5 Å². The normalized spacial score (nSPS) is 18.7. The number of fused-ring (bicyclic) bond motifs is 2. The van der Waals surface area contributed by atoms with Gasteiger partial charge in [-0.2, -0.15) is 0 Å². The molecule has 0 saturated heterocycles. The Bertz CT molecular complexity index is 790. The van der Waals surface area contributed by atoms with E-state index in [0.717, 1.165) is 23.5 Å². The van der Waals surface area contributed by atoms with E-state index < -0.39 is 5.82 Å². The monoisotopic (exact) mass is 313 g/mol. The molecule has 0 bridgehead atoms. The molecular formula is C18H16FNO3. The minimum atomic E-state index is -0.399. The van der Waals surface area contributed by atoms with Crippen molar-refractivity contribution in [3.63, 3.8) is 0 Å². The number of carbonyl (C=O) groups is 1. The van der Waals surface area contributed by atoms with Gasteiger partial charge in [0.1, 0.15) is 5.82 Å². The Balaban J connectivity index is 1.65. The fourth-order valence-electron chi connectivity index (χ4n) is 3.19. The van der Waals surface area contributed by atoms with Crippen LogP contribution in [0.4, 0.5) is 4.39 Å². The van der Waals surface area contributed by atoms with Crippen molar-refractivity contribution in [2.45, 2.75) is 25.9 Å². The fourth-order valence-corrected chi connectivity index (χ4v) is 3.19. The van der Waals surface area contributed by atoms with E-state index >= 15 is 0 Å². The van der Waals surface area contributed by atoms with E-state index in [1.807, 2.05) is 19.1 Å². The van der Waals surface area contributed by atoms with Gasteiger partial charge in [0, 0.05) is 18.2 Å². The molecule has 2 heterocycles. The van der Waals surface area contributed by atoms with Crippen LogP contribution in [0.2, 0.25) is 0 Å². The van der Waals surface area contributed by atoms with Crippen molar-refractivity contribution in [3.8, 4) is 11.5 Å². The molecule has 2 aromatic rings. The van der Waals surface area contributed by atoms with E-state index in [1.165, 1.54) is 17.7 Å². The van der Waals surface area contributed by atoms with Crippen LogP contribution in [0.1, 0.15) is 28.4 Å². The molecule has 0 aromatic heterocycles. The summed E-state index contributed by atoms with van der Waals surface area (Å²) in [6.07, 6.45) is 0.743. The number of benzene rings is 2. The zero-order valence-electron chi connectivity index (χ0n) is 12.7. The lowest BCUT2D eigenvalue weighted by molar-refractivity contribution is 0.0657. The average Bonchev–Trinajstić information content (AvgIpc) is 2.98. The molecule has 1 atom stereocenters. The second-order valence-electron chi connectivity index (χ2n) is 5.97. The minimum absolute atomic E-state index is 0.0404. The molecule has 1 amide bonds. The van der Waals surface area contributed by atoms with Gasteiger partial charge in [0.25, 0.3) is 5.91 Å². The number of carbonyl (C=O) groups excluding carboxylic acids is 1. The van der Waals surface area contributed by atoms with Crippen molar-refractivity contribution < 1.29 is 18.7 Å². The molecule has 0 fully saturated rings. The van der Waals surface area contributed by atoms with Crippen LogP contribution in [0, 0.1) is 5.82 Å². The quantitative estimate of drug-likeness (QED) is 0.812. The van der Waals surface area contributed by atoms with E-state index in [1.54, 1.807) is 17.0 Å². The summed E-state index contributed by atoms with van der Waals surface area (Å²) < 4.78 is 24.2. The standard InChI is InChI=1S/C18H16FNO3/c1-11-5-13-7-16-17(23-10-22-16)8-14(13)9-20(11)18(21)12-3-2-4-15(19)6-12/h2-4,6-8,11H,5,9-10H2,1H3. The number of amides is 1. The summed E-state index contributed by atoms with van der Waals surface area (Å²) in [6.45, 7) is 2.73. The molecule has 0 radical (unpaired) electrons. The van der Waals surface area contributed by atoms with Gasteiger partial charge in [-0.1, -0.05) is 6.07 Å². The molecule has 2 aliphatic heterocycles. The molecule has 2 aliphatic rings. The van der Waals surface area contributed by atoms with Crippen LogP contribution in [-0.2, 0) is 13.0 Å². The van der Waals surface area contributed by atoms with E-state index in [-0.39, 0.29) is 18.7 Å². The Hall–Kier alpha value is -2.56. The molecule has 118 valence electrons. The third kappa shape index (κ3) is 2.42. The van der Waals surface area contributed by atoms with Gasteiger partial charge >= 0.3 is 0 Å². The van der Waals surface area contributed by atoms with E-state index in [2.05, 4.69) is 0 Å². The first-order valence-corrected chi connectivity index (χ1v) is 7.60. The lowest BCUT2D eigenvalue weighted by Gasteiger charge is -2.35. The zero-order valence-corrected chi connectivity index (χ0v) is 12.7. The highest BCUT2D eigenvalue weighted by Gasteiger charge is 2.29. The summed E-state index contributed by atoms with van der Waals surface area (Å²) >= 11 is 0. The Labute approximate surface area is 133 Å². The van der Waals surface area contributed by atoms with Crippen LogP contribution in [0.3, 0.4) is 0 Å². The van der Waals surface area contributed by atoms with Gasteiger partial charge in [-0.25, -0.2) is 4.39 Å². The Morgan fingerprint density at radius 3 is 2.65 bits per heavy atom. The first-order chi connectivity index (χ1) is 11.1. The molecule has 23 heavy (non-hydrogen) atoms. The van der Waals surface area contributed by atoms with Crippen molar-refractivity contribution in [2.75, 3.05) is 6.79 Å². The molecule has 0 saturated carbocycles. The number of ether oxygens (including phenoxy) is 2. The summed E-state index contributed by atoms with van der Waals surface area (Å²) in [7, 11) is 0. The third-order valence-electron chi connectivity index (χ3n) is 4.42. The molecule has 0 aliphatic carbocycles. The maximum atomic E-state index is 13.4. The van der Waals surface area contributed by atoms with Crippen LogP contribution in [0.5, 0.6) is 11.5 Å². The van der Waals surface area contributed by atoms with Crippen molar-refractivity contribution in [1.29, 1.82) is 0 Å². The molecule has 0 N–H and O–H groups in total.